The number of hydrogen-bond acceptors (Lipinski definition) is 2. The second-order valence-corrected chi connectivity index (χ2v) is 4.05. The summed E-state index contributed by atoms with van der Waals surface area (Å²) in [6, 6.07) is 5.04. The van der Waals surface area contributed by atoms with E-state index in [1.807, 2.05) is 6.92 Å². The lowest BCUT2D eigenvalue weighted by Crippen LogP contribution is -2.08. The van der Waals surface area contributed by atoms with Gasteiger partial charge in [0, 0.05) is 0 Å². The monoisotopic (exact) mass is 246 g/mol. The molecule has 2 atom stereocenters. The van der Waals surface area contributed by atoms with Crippen LogP contribution in [0.15, 0.2) is 24.3 Å². The second-order valence-electron chi connectivity index (χ2n) is 4.05. The van der Waals surface area contributed by atoms with Crippen LogP contribution in [0.4, 0.5) is 13.2 Å². The highest BCUT2D eigenvalue weighted by molar-refractivity contribution is 5.25. The largest absolute Gasteiger partial charge is 0.416 e. The van der Waals surface area contributed by atoms with Crippen molar-refractivity contribution in [3.8, 4) is 0 Å². The van der Waals surface area contributed by atoms with Crippen molar-refractivity contribution < 1.29 is 22.6 Å². The zero-order chi connectivity index (χ0) is 12.5. The Balaban J connectivity index is 1.96. The molecule has 2 nitrogen and oxygen atoms in total. The Morgan fingerprint density at radius 3 is 2.41 bits per heavy atom. The summed E-state index contributed by atoms with van der Waals surface area (Å²) < 4.78 is 47.5. The third-order valence-electron chi connectivity index (χ3n) is 2.64. The van der Waals surface area contributed by atoms with Crippen LogP contribution in [-0.2, 0) is 15.7 Å². The molecule has 1 aliphatic heterocycles. The van der Waals surface area contributed by atoms with Crippen LogP contribution >= 0.6 is 0 Å². The van der Waals surface area contributed by atoms with Crippen LogP contribution in [0.3, 0.4) is 0 Å². The molecule has 2 rings (SSSR count). The Morgan fingerprint density at radius 1 is 1.35 bits per heavy atom. The number of ether oxygens (including phenoxy) is 2. The lowest BCUT2D eigenvalue weighted by atomic mass is 10.1. The molecule has 2 unspecified atom stereocenters. The second kappa shape index (κ2) is 4.66. The molecule has 1 heterocycles. The maximum Gasteiger partial charge on any atom is 0.416 e. The predicted octanol–water partition coefficient (Wildman–Crippen LogP) is 3.18. The van der Waals surface area contributed by atoms with Gasteiger partial charge >= 0.3 is 6.18 Å². The quantitative estimate of drug-likeness (QED) is 0.761. The summed E-state index contributed by atoms with van der Waals surface area (Å²) in [6.07, 6.45) is -4.35. The van der Waals surface area contributed by atoms with Gasteiger partial charge in [-0.25, -0.2) is 0 Å². The molecule has 0 radical (unpaired) electrons. The van der Waals surface area contributed by atoms with E-state index in [4.69, 9.17) is 9.47 Å². The highest BCUT2D eigenvalue weighted by atomic mass is 19.4. The van der Waals surface area contributed by atoms with Crippen LogP contribution in [-0.4, -0.2) is 19.3 Å². The van der Waals surface area contributed by atoms with Crippen molar-refractivity contribution in [1.29, 1.82) is 0 Å². The zero-order valence-corrected chi connectivity index (χ0v) is 9.33. The summed E-state index contributed by atoms with van der Waals surface area (Å²) in [7, 11) is 0. The van der Waals surface area contributed by atoms with E-state index in [9.17, 15) is 13.2 Å². The molecule has 0 saturated carbocycles. The third kappa shape index (κ3) is 3.44. The fourth-order valence-corrected chi connectivity index (χ4v) is 1.46. The molecule has 0 bridgehead atoms. The Hall–Kier alpha value is -1.07. The number of halogens is 3. The normalized spacial score (nSPS) is 21.3. The Labute approximate surface area is 97.3 Å². The molecule has 1 aliphatic rings. The Morgan fingerprint density at radius 2 is 1.94 bits per heavy atom. The van der Waals surface area contributed by atoms with Crippen LogP contribution < -0.4 is 0 Å². The SMILES string of the molecule is CC(OCC1CO1)c1ccc(C(F)(F)F)cc1. The number of benzene rings is 1. The van der Waals surface area contributed by atoms with E-state index < -0.39 is 11.7 Å². The molecule has 1 aromatic carbocycles. The summed E-state index contributed by atoms with van der Waals surface area (Å²) in [6.45, 7) is 3.01. The van der Waals surface area contributed by atoms with Crippen LogP contribution in [0.5, 0.6) is 0 Å². The fraction of sp³-hybridized carbons (Fsp3) is 0.500. The number of hydrogen-bond donors (Lipinski definition) is 0. The first-order valence-electron chi connectivity index (χ1n) is 5.37. The van der Waals surface area contributed by atoms with Crippen molar-refractivity contribution >= 4 is 0 Å². The standard InChI is InChI=1S/C12H13F3O2/c1-8(16-6-11-7-17-11)9-2-4-10(5-3-9)12(13,14)15/h2-5,8,11H,6-7H2,1H3. The predicted molar refractivity (Wildman–Crippen MR) is 55.6 cm³/mol. The van der Waals surface area contributed by atoms with Gasteiger partial charge in [0.2, 0.25) is 0 Å². The van der Waals surface area contributed by atoms with Gasteiger partial charge < -0.3 is 9.47 Å². The zero-order valence-electron chi connectivity index (χ0n) is 9.33. The molecule has 0 aliphatic carbocycles. The van der Waals surface area contributed by atoms with Crippen molar-refractivity contribution in [2.24, 2.45) is 0 Å². The molecule has 1 fully saturated rings. The fourth-order valence-electron chi connectivity index (χ4n) is 1.46. The lowest BCUT2D eigenvalue weighted by Gasteiger charge is -2.13. The van der Waals surface area contributed by atoms with E-state index in [2.05, 4.69) is 0 Å². The molecule has 0 N–H and O–H groups in total. The minimum atomic E-state index is -4.29. The van der Waals surface area contributed by atoms with Crippen molar-refractivity contribution in [3.63, 3.8) is 0 Å². The van der Waals surface area contributed by atoms with E-state index in [0.717, 1.165) is 17.7 Å². The summed E-state index contributed by atoms with van der Waals surface area (Å²) in [5, 5.41) is 0. The van der Waals surface area contributed by atoms with Gasteiger partial charge in [0.05, 0.1) is 24.9 Å². The van der Waals surface area contributed by atoms with Crippen molar-refractivity contribution in [2.45, 2.75) is 25.3 Å². The summed E-state index contributed by atoms with van der Waals surface area (Å²) >= 11 is 0. The smallest absolute Gasteiger partial charge is 0.371 e. The average molecular weight is 246 g/mol. The highest BCUT2D eigenvalue weighted by Crippen LogP contribution is 2.30. The molecule has 1 aromatic rings. The topological polar surface area (TPSA) is 21.8 Å². The molecular weight excluding hydrogens is 233 g/mol. The lowest BCUT2D eigenvalue weighted by molar-refractivity contribution is -0.137. The molecule has 1 saturated heterocycles. The maximum absolute atomic E-state index is 12.3. The van der Waals surface area contributed by atoms with Crippen LogP contribution in [0.2, 0.25) is 0 Å². The van der Waals surface area contributed by atoms with E-state index in [1.165, 1.54) is 12.1 Å². The molecule has 0 aromatic heterocycles. The summed E-state index contributed by atoms with van der Waals surface area (Å²) in [5.74, 6) is 0. The highest BCUT2D eigenvalue weighted by Gasteiger charge is 2.30. The number of epoxide rings is 1. The van der Waals surface area contributed by atoms with E-state index in [0.29, 0.717) is 13.2 Å². The van der Waals surface area contributed by atoms with Gasteiger partial charge in [0.15, 0.2) is 0 Å². The van der Waals surface area contributed by atoms with E-state index >= 15 is 0 Å². The minimum Gasteiger partial charge on any atom is -0.371 e. The van der Waals surface area contributed by atoms with Crippen molar-refractivity contribution in [2.75, 3.05) is 13.2 Å². The molecule has 94 valence electrons. The first kappa shape index (κ1) is 12.4. The maximum atomic E-state index is 12.3. The first-order valence-corrected chi connectivity index (χ1v) is 5.37. The summed E-state index contributed by atoms with van der Waals surface area (Å²) in [4.78, 5) is 0. The molecule has 0 spiro atoms. The van der Waals surface area contributed by atoms with Gasteiger partial charge in [-0.2, -0.15) is 13.2 Å². The number of alkyl halides is 3. The number of rotatable bonds is 4. The first-order chi connectivity index (χ1) is 7.97. The average Bonchev–Trinajstić information content (AvgIpc) is 3.09. The third-order valence-corrected chi connectivity index (χ3v) is 2.64. The van der Waals surface area contributed by atoms with Crippen LogP contribution in [0, 0.1) is 0 Å². The Kier molecular flexibility index (Phi) is 3.40. The van der Waals surface area contributed by atoms with Gasteiger partial charge in [-0.3, -0.25) is 0 Å². The molecular formula is C12H13F3O2. The van der Waals surface area contributed by atoms with E-state index in [1.54, 1.807) is 0 Å². The minimum absolute atomic E-state index is 0.159. The van der Waals surface area contributed by atoms with Crippen molar-refractivity contribution in [3.05, 3.63) is 35.4 Å². The van der Waals surface area contributed by atoms with Gasteiger partial charge in [-0.05, 0) is 24.6 Å². The van der Waals surface area contributed by atoms with Crippen LogP contribution in [0.25, 0.3) is 0 Å². The molecule has 0 amide bonds. The Bertz CT molecular complexity index is 368. The van der Waals surface area contributed by atoms with Crippen molar-refractivity contribution in [1.82, 2.24) is 0 Å². The molecule has 17 heavy (non-hydrogen) atoms. The van der Waals surface area contributed by atoms with Gasteiger partial charge in [-0.15, -0.1) is 0 Å². The van der Waals surface area contributed by atoms with Gasteiger partial charge in [-0.1, -0.05) is 12.1 Å². The van der Waals surface area contributed by atoms with Crippen LogP contribution in [0.1, 0.15) is 24.2 Å². The molecule has 5 heteroatoms. The van der Waals surface area contributed by atoms with Gasteiger partial charge in [0.25, 0.3) is 0 Å². The van der Waals surface area contributed by atoms with Gasteiger partial charge in [0.1, 0.15) is 6.10 Å². The van der Waals surface area contributed by atoms with E-state index in [-0.39, 0.29) is 12.2 Å². The summed E-state index contributed by atoms with van der Waals surface area (Å²) in [5.41, 5.74) is 0.0950.